The first-order valence-electron chi connectivity index (χ1n) is 9.82. The molecule has 2 N–H and O–H groups in total. The fourth-order valence-electron chi connectivity index (χ4n) is 3.12. The number of H-pyrrole nitrogens is 1. The molecule has 33 heavy (non-hydrogen) atoms. The van der Waals surface area contributed by atoms with Gasteiger partial charge in [-0.05, 0) is 24.3 Å². The quantitative estimate of drug-likeness (QED) is 0.415. The Bertz CT molecular complexity index is 1260. The van der Waals surface area contributed by atoms with E-state index in [9.17, 15) is 13.2 Å². The SMILES string of the molecule is O=C(CSc1n[nH]c(-c2ccccc2Br)n1)Nc1ccc(Cl)c(S(=O)(=O)N2CCOCC2)c1. The minimum Gasteiger partial charge on any atom is -0.379 e. The lowest BCUT2D eigenvalue weighted by Crippen LogP contribution is -2.40. The number of morpholine rings is 1. The third kappa shape index (κ3) is 5.76. The summed E-state index contributed by atoms with van der Waals surface area (Å²) in [6.45, 7) is 1.16. The van der Waals surface area contributed by atoms with E-state index in [0.29, 0.717) is 29.9 Å². The number of benzene rings is 2. The zero-order chi connectivity index (χ0) is 23.4. The van der Waals surface area contributed by atoms with Crippen LogP contribution in [-0.2, 0) is 19.6 Å². The zero-order valence-electron chi connectivity index (χ0n) is 17.1. The van der Waals surface area contributed by atoms with Gasteiger partial charge in [-0.3, -0.25) is 9.89 Å². The van der Waals surface area contributed by atoms with Crippen LogP contribution >= 0.6 is 39.3 Å². The molecule has 0 spiro atoms. The van der Waals surface area contributed by atoms with Crippen LogP contribution < -0.4 is 5.32 Å². The van der Waals surface area contributed by atoms with Crippen LogP contribution in [0.2, 0.25) is 5.02 Å². The Morgan fingerprint density at radius 2 is 2.00 bits per heavy atom. The molecule has 9 nitrogen and oxygen atoms in total. The summed E-state index contributed by atoms with van der Waals surface area (Å²) in [4.78, 5) is 16.8. The average molecular weight is 573 g/mol. The lowest BCUT2D eigenvalue weighted by atomic mass is 10.2. The molecule has 1 aromatic heterocycles. The van der Waals surface area contributed by atoms with Crippen molar-refractivity contribution in [2.45, 2.75) is 10.1 Å². The van der Waals surface area contributed by atoms with Crippen LogP contribution in [0.25, 0.3) is 11.4 Å². The Morgan fingerprint density at radius 3 is 2.76 bits per heavy atom. The normalized spacial score (nSPS) is 14.8. The van der Waals surface area contributed by atoms with E-state index in [2.05, 4.69) is 36.4 Å². The number of amides is 1. The van der Waals surface area contributed by atoms with Crippen LogP contribution in [-0.4, -0.2) is 65.9 Å². The number of aromatic nitrogens is 3. The second-order valence-corrected chi connectivity index (χ2v) is 11.1. The number of halogens is 2. The summed E-state index contributed by atoms with van der Waals surface area (Å²) < 4.78 is 33.3. The highest BCUT2D eigenvalue weighted by molar-refractivity contribution is 9.10. The maximum Gasteiger partial charge on any atom is 0.244 e. The molecule has 0 radical (unpaired) electrons. The van der Waals surface area contributed by atoms with E-state index >= 15 is 0 Å². The number of carbonyl (C=O) groups excluding carboxylic acids is 1. The molecule has 1 aliphatic rings. The molecule has 0 aliphatic carbocycles. The van der Waals surface area contributed by atoms with Crippen LogP contribution in [0, 0.1) is 0 Å². The maximum atomic E-state index is 12.9. The number of hydrogen-bond acceptors (Lipinski definition) is 7. The summed E-state index contributed by atoms with van der Waals surface area (Å²) in [5, 5.41) is 10.2. The summed E-state index contributed by atoms with van der Waals surface area (Å²) in [7, 11) is -3.80. The van der Waals surface area contributed by atoms with Crippen LogP contribution in [0.15, 0.2) is 57.0 Å². The maximum absolute atomic E-state index is 12.9. The van der Waals surface area contributed by atoms with Crippen molar-refractivity contribution >= 4 is 60.9 Å². The third-order valence-electron chi connectivity index (χ3n) is 4.73. The largest absolute Gasteiger partial charge is 0.379 e. The lowest BCUT2D eigenvalue weighted by molar-refractivity contribution is -0.113. The summed E-state index contributed by atoms with van der Waals surface area (Å²) in [6, 6.07) is 12.0. The van der Waals surface area contributed by atoms with Crippen molar-refractivity contribution < 1.29 is 17.9 Å². The molecule has 2 heterocycles. The van der Waals surface area contributed by atoms with Gasteiger partial charge in [0.05, 0.1) is 24.0 Å². The van der Waals surface area contributed by atoms with Gasteiger partial charge in [-0.2, -0.15) is 4.31 Å². The third-order valence-corrected chi connectivity index (χ3v) is 8.65. The molecule has 13 heteroatoms. The van der Waals surface area contributed by atoms with Gasteiger partial charge < -0.3 is 10.1 Å². The molecule has 0 saturated carbocycles. The number of rotatable bonds is 7. The van der Waals surface area contributed by atoms with Gasteiger partial charge in [-0.1, -0.05) is 57.5 Å². The molecule has 0 unspecified atom stereocenters. The Hall–Kier alpha value is -1.96. The van der Waals surface area contributed by atoms with Gasteiger partial charge in [0.15, 0.2) is 5.82 Å². The van der Waals surface area contributed by atoms with Crippen LogP contribution in [0.3, 0.4) is 0 Å². The number of nitrogens with zero attached hydrogens (tertiary/aromatic N) is 3. The van der Waals surface area contributed by atoms with Gasteiger partial charge >= 0.3 is 0 Å². The number of nitrogens with one attached hydrogen (secondary N) is 2. The standard InChI is InChI=1S/C20H19BrClN5O4S2/c21-15-4-2-1-3-14(15)19-24-20(26-25-19)32-12-18(28)23-13-5-6-16(22)17(11-13)33(29,30)27-7-9-31-10-8-27/h1-6,11H,7-10,12H2,(H,23,28)(H,24,25,26). The van der Waals surface area contributed by atoms with Gasteiger partial charge in [0.2, 0.25) is 21.1 Å². The van der Waals surface area contributed by atoms with E-state index < -0.39 is 10.0 Å². The van der Waals surface area contributed by atoms with Crippen LogP contribution in [0.5, 0.6) is 0 Å². The molecule has 1 aliphatic heterocycles. The average Bonchev–Trinajstić information content (AvgIpc) is 3.28. The van der Waals surface area contributed by atoms with E-state index in [1.54, 1.807) is 6.07 Å². The van der Waals surface area contributed by atoms with E-state index in [-0.39, 0.29) is 34.7 Å². The highest BCUT2D eigenvalue weighted by Crippen LogP contribution is 2.29. The van der Waals surface area contributed by atoms with Crippen LogP contribution in [0.4, 0.5) is 5.69 Å². The van der Waals surface area contributed by atoms with Gasteiger partial charge in [-0.15, -0.1) is 5.10 Å². The topological polar surface area (TPSA) is 117 Å². The molecule has 0 atom stereocenters. The number of aromatic amines is 1. The number of sulfonamides is 1. The summed E-state index contributed by atoms with van der Waals surface area (Å²) in [5.41, 5.74) is 1.19. The minimum absolute atomic E-state index is 0.0431. The summed E-state index contributed by atoms with van der Waals surface area (Å²) in [5.74, 6) is 0.298. The van der Waals surface area contributed by atoms with Crippen molar-refractivity contribution in [3.8, 4) is 11.4 Å². The second kappa shape index (κ2) is 10.5. The van der Waals surface area contributed by atoms with E-state index in [1.165, 1.54) is 16.4 Å². The molecule has 1 saturated heterocycles. The van der Waals surface area contributed by atoms with Crippen molar-refractivity contribution in [3.63, 3.8) is 0 Å². The predicted molar refractivity (Wildman–Crippen MR) is 130 cm³/mol. The first-order chi connectivity index (χ1) is 15.8. The Labute approximate surface area is 208 Å². The van der Waals surface area contributed by atoms with Crippen molar-refractivity contribution in [2.24, 2.45) is 0 Å². The van der Waals surface area contributed by atoms with Crippen molar-refractivity contribution in [2.75, 3.05) is 37.4 Å². The number of anilines is 1. The molecule has 174 valence electrons. The second-order valence-electron chi connectivity index (χ2n) is 6.94. The van der Waals surface area contributed by atoms with E-state index in [4.69, 9.17) is 16.3 Å². The van der Waals surface area contributed by atoms with Gasteiger partial charge in [0, 0.05) is 28.8 Å². The number of ether oxygens (including phenoxy) is 1. The van der Waals surface area contributed by atoms with Crippen molar-refractivity contribution in [1.82, 2.24) is 19.5 Å². The van der Waals surface area contributed by atoms with Gasteiger partial charge in [0.1, 0.15) is 4.90 Å². The molecule has 3 aromatic rings. The van der Waals surface area contributed by atoms with Gasteiger partial charge in [0.25, 0.3) is 0 Å². The van der Waals surface area contributed by atoms with Crippen molar-refractivity contribution in [1.29, 1.82) is 0 Å². The molecular weight excluding hydrogens is 554 g/mol. The molecule has 4 rings (SSSR count). The minimum atomic E-state index is -3.80. The van der Waals surface area contributed by atoms with Crippen LogP contribution in [0.1, 0.15) is 0 Å². The highest BCUT2D eigenvalue weighted by Gasteiger charge is 2.28. The van der Waals surface area contributed by atoms with Gasteiger partial charge in [-0.25, -0.2) is 13.4 Å². The smallest absolute Gasteiger partial charge is 0.244 e. The molecular formula is C20H19BrClN5O4S2. The lowest BCUT2D eigenvalue weighted by Gasteiger charge is -2.26. The van der Waals surface area contributed by atoms with Crippen molar-refractivity contribution in [3.05, 3.63) is 52.0 Å². The molecule has 2 aromatic carbocycles. The fourth-order valence-corrected chi connectivity index (χ4v) is 6.10. The molecule has 1 amide bonds. The first kappa shape index (κ1) is 24.2. The monoisotopic (exact) mass is 571 g/mol. The predicted octanol–water partition coefficient (Wildman–Crippen LogP) is 3.64. The summed E-state index contributed by atoms with van der Waals surface area (Å²) in [6.07, 6.45) is 0. The Balaban J connectivity index is 1.40. The summed E-state index contributed by atoms with van der Waals surface area (Å²) >= 11 is 10.8. The first-order valence-corrected chi connectivity index (χ1v) is 13.4. The number of carbonyl (C=O) groups is 1. The number of thioether (sulfide) groups is 1. The zero-order valence-corrected chi connectivity index (χ0v) is 21.1. The fraction of sp³-hybridized carbons (Fsp3) is 0.250. The Kier molecular flexibility index (Phi) is 7.72. The highest BCUT2D eigenvalue weighted by atomic mass is 79.9. The molecule has 1 fully saturated rings. The van der Waals surface area contributed by atoms with E-state index in [1.807, 2.05) is 24.3 Å². The van der Waals surface area contributed by atoms with E-state index in [0.717, 1.165) is 21.8 Å². The Morgan fingerprint density at radius 1 is 1.24 bits per heavy atom. The molecule has 0 bridgehead atoms. The number of hydrogen-bond donors (Lipinski definition) is 2.